The number of aromatic nitrogens is 2. The minimum absolute atomic E-state index is 0.000995. The van der Waals surface area contributed by atoms with Gasteiger partial charge in [0.1, 0.15) is 18.2 Å². The van der Waals surface area contributed by atoms with E-state index in [1.807, 2.05) is 30.3 Å². The topological polar surface area (TPSA) is 84.7 Å². The second-order valence-corrected chi connectivity index (χ2v) is 11.3. The van der Waals surface area contributed by atoms with E-state index in [1.165, 1.54) is 9.47 Å². The van der Waals surface area contributed by atoms with Gasteiger partial charge in [-0.3, -0.25) is 4.57 Å². The number of alkyl halides is 3. The van der Waals surface area contributed by atoms with Crippen molar-refractivity contribution in [2.75, 3.05) is 18.8 Å². The Morgan fingerprint density at radius 2 is 1.83 bits per heavy atom. The number of carbonyl (C=O) groups excluding carboxylic acids is 1. The molecule has 2 aliphatic rings. The minimum Gasteiger partial charge on any atom is -0.493 e. The molecule has 7 nitrogen and oxygen atoms in total. The van der Waals surface area contributed by atoms with Gasteiger partial charge in [-0.15, -0.1) is 11.8 Å². The molecule has 218 valence electrons. The van der Waals surface area contributed by atoms with Crippen molar-refractivity contribution in [2.45, 2.75) is 30.1 Å². The van der Waals surface area contributed by atoms with Gasteiger partial charge in [0, 0.05) is 47.0 Å². The highest BCUT2D eigenvalue weighted by molar-refractivity contribution is 7.99. The van der Waals surface area contributed by atoms with E-state index in [0.717, 1.165) is 29.5 Å². The Bertz CT molecular complexity index is 1760. The number of nitrogens with zero attached hydrogens (tertiary/aromatic N) is 3. The van der Waals surface area contributed by atoms with Crippen molar-refractivity contribution in [2.24, 2.45) is 5.92 Å². The van der Waals surface area contributed by atoms with Crippen LogP contribution in [0.3, 0.4) is 0 Å². The third kappa shape index (κ3) is 5.06. The first-order chi connectivity index (χ1) is 20.0. The predicted molar refractivity (Wildman–Crippen MR) is 144 cm³/mol. The van der Waals surface area contributed by atoms with Crippen molar-refractivity contribution < 1.29 is 36.6 Å². The molecule has 1 atom stereocenters. The van der Waals surface area contributed by atoms with Crippen LogP contribution in [0.15, 0.2) is 64.3 Å². The van der Waals surface area contributed by atoms with Crippen LogP contribution in [0, 0.1) is 17.6 Å². The summed E-state index contributed by atoms with van der Waals surface area (Å²) in [6, 6.07) is 11.6. The lowest BCUT2D eigenvalue weighted by molar-refractivity contribution is -0.137. The number of hydrogen-bond donors (Lipinski definition) is 1. The molecule has 1 N–H and O–H groups in total. The number of amides is 1. The molecule has 1 saturated heterocycles. The summed E-state index contributed by atoms with van der Waals surface area (Å²) < 4.78 is 77.9. The van der Waals surface area contributed by atoms with Gasteiger partial charge < -0.3 is 14.7 Å². The van der Waals surface area contributed by atoms with Crippen LogP contribution in [0.5, 0.6) is 5.88 Å². The Kier molecular flexibility index (Phi) is 7.08. The van der Waals surface area contributed by atoms with Crippen LogP contribution in [-0.2, 0) is 17.5 Å². The van der Waals surface area contributed by atoms with Crippen LogP contribution in [0.25, 0.3) is 22.0 Å². The molecule has 3 heterocycles. The molecule has 0 aliphatic carbocycles. The Morgan fingerprint density at radius 1 is 1.10 bits per heavy atom. The predicted octanol–water partition coefficient (Wildman–Crippen LogP) is 6.37. The zero-order valence-corrected chi connectivity index (χ0v) is 22.5. The van der Waals surface area contributed by atoms with Gasteiger partial charge in [-0.25, -0.2) is 18.4 Å². The molecule has 6 rings (SSSR count). The largest absolute Gasteiger partial charge is 0.493 e. The molecule has 0 spiro atoms. The van der Waals surface area contributed by atoms with Crippen LogP contribution in [-0.4, -0.2) is 44.5 Å². The third-order valence-corrected chi connectivity index (χ3v) is 8.70. The van der Waals surface area contributed by atoms with Crippen molar-refractivity contribution >= 4 is 28.8 Å². The second-order valence-electron chi connectivity index (χ2n) is 10.2. The van der Waals surface area contributed by atoms with Gasteiger partial charge in [-0.2, -0.15) is 18.2 Å². The standard InChI is InChI=1S/C29H22F5N3O4S/c30-17-6-7-19(22(31)9-17)23-21(29(32,33)34)10-20-24-25(23)42-14-18(37(24)27(39)35-26(20)38)8-16-11-36(12-16)28(40)41-13-15-4-2-1-3-5-15/h1-7,9-10,16,18H,8,11-14H2,(H,35,38,39)/t18-/m0/s1. The van der Waals surface area contributed by atoms with Crippen molar-refractivity contribution in [3.8, 4) is 17.0 Å². The molecule has 42 heavy (non-hydrogen) atoms. The fourth-order valence-corrected chi connectivity index (χ4v) is 6.86. The maximum Gasteiger partial charge on any atom is 0.417 e. The summed E-state index contributed by atoms with van der Waals surface area (Å²) in [7, 11) is 0. The lowest BCUT2D eigenvalue weighted by Crippen LogP contribution is -2.51. The molecule has 1 fully saturated rings. The lowest BCUT2D eigenvalue weighted by Gasteiger charge is -2.41. The van der Waals surface area contributed by atoms with Gasteiger partial charge in [-0.1, -0.05) is 30.3 Å². The molecular weight excluding hydrogens is 581 g/mol. The van der Waals surface area contributed by atoms with Crippen LogP contribution >= 0.6 is 11.8 Å². The van der Waals surface area contributed by atoms with Gasteiger partial charge in [0.05, 0.1) is 16.5 Å². The number of rotatable bonds is 5. The van der Waals surface area contributed by atoms with Crippen LogP contribution in [0.2, 0.25) is 0 Å². The lowest BCUT2D eigenvalue weighted by atomic mass is 9.92. The fourth-order valence-electron chi connectivity index (χ4n) is 5.51. The SMILES string of the molecule is O=C(OCc1ccccc1)N1CC(C[C@H]2CSc3c(-c4ccc(F)cc4F)c(C(F)(F)F)cc4c(O)nc(=O)n2c34)C1. The van der Waals surface area contributed by atoms with Crippen molar-refractivity contribution in [3.63, 3.8) is 0 Å². The molecule has 3 aromatic carbocycles. The van der Waals surface area contributed by atoms with E-state index in [-0.39, 0.29) is 34.1 Å². The molecular formula is C29H22F5N3O4S. The molecule has 0 bridgehead atoms. The normalized spacial score (nSPS) is 16.9. The summed E-state index contributed by atoms with van der Waals surface area (Å²) in [5.41, 5.74) is -2.28. The van der Waals surface area contributed by atoms with E-state index >= 15 is 0 Å². The molecule has 4 aromatic rings. The number of thioether (sulfide) groups is 1. The first-order valence-electron chi connectivity index (χ1n) is 12.9. The van der Waals surface area contributed by atoms with E-state index < -0.39 is 58.2 Å². The number of carbonyl (C=O) groups is 1. The third-order valence-electron chi connectivity index (χ3n) is 7.46. The number of hydrogen-bond acceptors (Lipinski definition) is 6. The highest BCUT2D eigenvalue weighted by Crippen LogP contribution is 2.50. The summed E-state index contributed by atoms with van der Waals surface area (Å²) in [5.74, 6) is -2.90. The zero-order chi connectivity index (χ0) is 29.8. The Balaban J connectivity index is 1.32. The number of ether oxygens (including phenoxy) is 1. The second kappa shape index (κ2) is 10.6. The number of likely N-dealkylation sites (tertiary alicyclic amines) is 1. The Hall–Kier alpha value is -4.13. The molecule has 13 heteroatoms. The minimum atomic E-state index is -4.96. The van der Waals surface area contributed by atoms with Gasteiger partial charge in [0.15, 0.2) is 0 Å². The number of benzene rings is 3. The smallest absolute Gasteiger partial charge is 0.417 e. The fraction of sp³-hybridized carbons (Fsp3) is 0.276. The van der Waals surface area contributed by atoms with Crippen molar-refractivity contribution in [1.82, 2.24) is 14.5 Å². The maximum atomic E-state index is 14.9. The monoisotopic (exact) mass is 603 g/mol. The summed E-state index contributed by atoms with van der Waals surface area (Å²) in [4.78, 5) is 30.5. The highest BCUT2D eigenvalue weighted by Gasteiger charge is 2.41. The van der Waals surface area contributed by atoms with Crippen LogP contribution < -0.4 is 5.69 Å². The van der Waals surface area contributed by atoms with E-state index in [2.05, 4.69) is 4.98 Å². The van der Waals surface area contributed by atoms with E-state index in [4.69, 9.17) is 4.74 Å². The summed E-state index contributed by atoms with van der Waals surface area (Å²) in [6.45, 7) is 0.856. The zero-order valence-electron chi connectivity index (χ0n) is 21.7. The molecule has 2 aliphatic heterocycles. The molecule has 1 amide bonds. The first-order valence-corrected chi connectivity index (χ1v) is 13.9. The number of halogens is 5. The molecule has 1 aromatic heterocycles. The summed E-state index contributed by atoms with van der Waals surface area (Å²) in [5, 5.41) is 10.1. The Labute approximate surface area is 239 Å². The molecule has 0 unspecified atom stereocenters. The average Bonchev–Trinajstić information content (AvgIpc) is 2.92. The van der Waals surface area contributed by atoms with Gasteiger partial charge in [-0.05, 0) is 36.1 Å². The van der Waals surface area contributed by atoms with E-state index in [9.17, 15) is 36.6 Å². The van der Waals surface area contributed by atoms with Crippen molar-refractivity contribution in [1.29, 1.82) is 0 Å². The van der Waals surface area contributed by atoms with Gasteiger partial charge >= 0.3 is 18.0 Å². The average molecular weight is 604 g/mol. The van der Waals surface area contributed by atoms with Gasteiger partial charge in [0.2, 0.25) is 5.88 Å². The number of aromatic hydroxyl groups is 1. The summed E-state index contributed by atoms with van der Waals surface area (Å²) in [6.07, 6.45) is -5.04. The Morgan fingerprint density at radius 3 is 2.52 bits per heavy atom. The molecule has 0 radical (unpaired) electrons. The maximum absolute atomic E-state index is 14.9. The van der Waals surface area contributed by atoms with E-state index in [0.29, 0.717) is 31.6 Å². The highest BCUT2D eigenvalue weighted by atomic mass is 32.2. The summed E-state index contributed by atoms with van der Waals surface area (Å²) >= 11 is 0.996. The quantitative estimate of drug-likeness (QED) is 0.267. The van der Waals surface area contributed by atoms with Crippen molar-refractivity contribution in [3.05, 3.63) is 87.8 Å². The van der Waals surface area contributed by atoms with Crippen LogP contribution in [0.1, 0.15) is 23.6 Å². The van der Waals surface area contributed by atoms with Crippen LogP contribution in [0.4, 0.5) is 26.7 Å². The molecule has 0 saturated carbocycles. The first kappa shape index (κ1) is 28.0. The van der Waals surface area contributed by atoms with Gasteiger partial charge in [0.25, 0.3) is 0 Å². The van der Waals surface area contributed by atoms with E-state index in [1.54, 1.807) is 0 Å².